The molecular weight excluding hydrogens is 275 g/mol. The topological polar surface area (TPSA) is 62.5 Å². The van der Waals surface area contributed by atoms with Gasteiger partial charge in [-0.1, -0.05) is 0 Å². The number of rotatable bonds is 2. The summed E-state index contributed by atoms with van der Waals surface area (Å²) in [5.41, 5.74) is 0.707. The first kappa shape index (κ1) is 11.6. The van der Waals surface area contributed by atoms with Crippen LogP contribution in [0.2, 0.25) is 0 Å². The van der Waals surface area contributed by atoms with Crippen LogP contribution in [0.5, 0.6) is 0 Å². The Morgan fingerprint density at radius 1 is 1.50 bits per heavy atom. The summed E-state index contributed by atoms with van der Waals surface area (Å²) in [7, 11) is 0. The molecule has 1 aliphatic rings. The minimum atomic E-state index is -0.926. The van der Waals surface area contributed by atoms with Crippen molar-refractivity contribution in [3.63, 3.8) is 0 Å². The molecule has 3 rings (SSSR count). The smallest absolute Gasteiger partial charge is 0.329 e. The van der Waals surface area contributed by atoms with Crippen LogP contribution in [0.4, 0.5) is 4.39 Å². The molecule has 92 valence electrons. The fraction of sp³-hybridized carbons (Fsp3) is 0.182. The van der Waals surface area contributed by atoms with Crippen molar-refractivity contribution >= 4 is 44.3 Å². The molecule has 4 nitrogen and oxygen atoms in total. The summed E-state index contributed by atoms with van der Waals surface area (Å²) in [6.07, 6.45) is 0. The number of halogens is 1. The van der Waals surface area contributed by atoms with E-state index in [-0.39, 0.29) is 5.82 Å². The first-order valence-electron chi connectivity index (χ1n) is 5.13. The number of carboxylic acids is 1. The molecular formula is C11H7FN2O2S2. The SMILES string of the molecule is O=C(O)C1CSC(c2nc3ccc(F)cc3s2)=N1. The summed E-state index contributed by atoms with van der Waals surface area (Å²) in [4.78, 5) is 19.3. The third-order valence-corrected chi connectivity index (χ3v) is 4.68. The number of fused-ring (bicyclic) bond motifs is 1. The zero-order valence-electron chi connectivity index (χ0n) is 8.96. The van der Waals surface area contributed by atoms with Crippen molar-refractivity contribution in [3.8, 4) is 0 Å². The second kappa shape index (κ2) is 4.33. The van der Waals surface area contributed by atoms with Gasteiger partial charge in [-0.25, -0.2) is 14.2 Å². The van der Waals surface area contributed by atoms with Crippen molar-refractivity contribution in [2.24, 2.45) is 4.99 Å². The lowest BCUT2D eigenvalue weighted by Gasteiger charge is -1.93. The van der Waals surface area contributed by atoms with Crippen LogP contribution in [0.25, 0.3) is 10.2 Å². The summed E-state index contributed by atoms with van der Waals surface area (Å²) >= 11 is 2.70. The number of nitrogens with zero attached hydrogens (tertiary/aromatic N) is 2. The zero-order chi connectivity index (χ0) is 12.7. The number of hydrogen-bond acceptors (Lipinski definition) is 5. The standard InChI is InChI=1S/C11H7FN2O2S2/c12-5-1-2-6-8(3-5)18-10(13-6)9-14-7(4-17-9)11(15)16/h1-3,7H,4H2,(H,15,16). The van der Waals surface area contributed by atoms with Gasteiger partial charge in [0.05, 0.1) is 10.2 Å². The first-order chi connectivity index (χ1) is 8.63. The number of carbonyl (C=O) groups is 1. The molecule has 1 aromatic heterocycles. The summed E-state index contributed by atoms with van der Waals surface area (Å²) in [5.74, 6) is -0.804. The van der Waals surface area contributed by atoms with E-state index in [9.17, 15) is 9.18 Å². The quantitative estimate of drug-likeness (QED) is 0.918. The molecule has 2 heterocycles. The lowest BCUT2D eigenvalue weighted by Crippen LogP contribution is -2.17. The summed E-state index contributed by atoms with van der Waals surface area (Å²) < 4.78 is 13.8. The maximum absolute atomic E-state index is 13.1. The van der Waals surface area contributed by atoms with E-state index in [0.29, 0.717) is 21.3 Å². The highest BCUT2D eigenvalue weighted by molar-refractivity contribution is 8.15. The van der Waals surface area contributed by atoms with E-state index in [4.69, 9.17) is 5.11 Å². The Balaban J connectivity index is 2.00. The molecule has 0 bridgehead atoms. The molecule has 1 aliphatic heterocycles. The second-order valence-electron chi connectivity index (χ2n) is 3.73. The number of aliphatic imine (C=N–C) groups is 1. The Hall–Kier alpha value is -1.47. The van der Waals surface area contributed by atoms with E-state index in [0.717, 1.165) is 4.70 Å². The van der Waals surface area contributed by atoms with Gasteiger partial charge in [-0.15, -0.1) is 23.1 Å². The van der Waals surface area contributed by atoms with Crippen LogP contribution in [0.3, 0.4) is 0 Å². The molecule has 1 unspecified atom stereocenters. The Kier molecular flexibility index (Phi) is 2.79. The summed E-state index contributed by atoms with van der Waals surface area (Å²) in [6, 6.07) is 3.69. The molecule has 0 amide bonds. The van der Waals surface area contributed by atoms with E-state index in [2.05, 4.69) is 9.98 Å². The fourth-order valence-electron chi connectivity index (χ4n) is 1.61. The van der Waals surface area contributed by atoms with Crippen molar-refractivity contribution in [1.82, 2.24) is 4.98 Å². The number of benzene rings is 1. The Bertz CT molecular complexity index is 668. The van der Waals surface area contributed by atoms with Crippen molar-refractivity contribution in [2.45, 2.75) is 6.04 Å². The number of aliphatic carboxylic acids is 1. The third-order valence-electron chi connectivity index (χ3n) is 2.47. The molecule has 1 aromatic carbocycles. The normalized spacial score (nSPS) is 19.2. The van der Waals surface area contributed by atoms with Crippen LogP contribution in [0.1, 0.15) is 5.01 Å². The highest BCUT2D eigenvalue weighted by atomic mass is 32.2. The molecule has 1 N–H and O–H groups in total. The molecule has 0 aliphatic carbocycles. The third kappa shape index (κ3) is 1.99. The van der Waals surface area contributed by atoms with Crippen molar-refractivity contribution in [3.05, 3.63) is 29.0 Å². The van der Waals surface area contributed by atoms with Gasteiger partial charge in [0.2, 0.25) is 0 Å². The molecule has 0 radical (unpaired) electrons. The molecule has 0 spiro atoms. The van der Waals surface area contributed by atoms with E-state index in [1.807, 2.05) is 0 Å². The Labute approximate surface area is 110 Å². The van der Waals surface area contributed by atoms with Crippen molar-refractivity contribution in [1.29, 1.82) is 0 Å². The molecule has 1 atom stereocenters. The van der Waals surface area contributed by atoms with Gasteiger partial charge in [-0.2, -0.15) is 0 Å². The molecule has 2 aromatic rings. The number of thioether (sulfide) groups is 1. The van der Waals surface area contributed by atoms with Gasteiger partial charge >= 0.3 is 5.97 Å². The maximum atomic E-state index is 13.1. The van der Waals surface area contributed by atoms with Crippen molar-refractivity contribution in [2.75, 3.05) is 5.75 Å². The van der Waals surface area contributed by atoms with Crippen LogP contribution in [0, 0.1) is 5.82 Å². The molecule has 0 saturated heterocycles. The average molecular weight is 282 g/mol. The van der Waals surface area contributed by atoms with Gasteiger partial charge in [0.25, 0.3) is 0 Å². The predicted octanol–water partition coefficient (Wildman–Crippen LogP) is 2.38. The highest BCUT2D eigenvalue weighted by Crippen LogP contribution is 2.30. The second-order valence-corrected chi connectivity index (χ2v) is 5.77. The van der Waals surface area contributed by atoms with E-state index in [1.165, 1.54) is 35.2 Å². The van der Waals surface area contributed by atoms with Gasteiger partial charge in [0.15, 0.2) is 6.04 Å². The largest absolute Gasteiger partial charge is 0.480 e. The van der Waals surface area contributed by atoms with Crippen LogP contribution >= 0.6 is 23.1 Å². The number of hydrogen-bond donors (Lipinski definition) is 1. The van der Waals surface area contributed by atoms with Gasteiger partial charge in [0.1, 0.15) is 15.9 Å². The summed E-state index contributed by atoms with van der Waals surface area (Å²) in [6.45, 7) is 0. The van der Waals surface area contributed by atoms with E-state index < -0.39 is 12.0 Å². The van der Waals surface area contributed by atoms with Crippen LogP contribution in [-0.4, -0.2) is 32.9 Å². The van der Waals surface area contributed by atoms with Gasteiger partial charge in [-0.3, -0.25) is 4.99 Å². The van der Waals surface area contributed by atoms with E-state index >= 15 is 0 Å². The maximum Gasteiger partial charge on any atom is 0.329 e. The molecule has 7 heteroatoms. The minimum absolute atomic E-state index is 0.304. The minimum Gasteiger partial charge on any atom is -0.480 e. The van der Waals surface area contributed by atoms with Gasteiger partial charge in [-0.05, 0) is 18.2 Å². The van der Waals surface area contributed by atoms with Gasteiger partial charge < -0.3 is 5.11 Å². The summed E-state index contributed by atoms with van der Waals surface area (Å²) in [5, 5.41) is 10.2. The van der Waals surface area contributed by atoms with Crippen LogP contribution < -0.4 is 0 Å². The first-order valence-corrected chi connectivity index (χ1v) is 6.93. The van der Waals surface area contributed by atoms with Crippen LogP contribution in [-0.2, 0) is 4.79 Å². The number of thiazole rings is 1. The molecule has 0 saturated carbocycles. The number of carboxylic acid groups (broad SMARTS) is 1. The highest BCUT2D eigenvalue weighted by Gasteiger charge is 2.26. The average Bonchev–Trinajstić information content (AvgIpc) is 2.93. The molecule has 18 heavy (non-hydrogen) atoms. The number of aromatic nitrogens is 1. The van der Waals surface area contributed by atoms with Crippen molar-refractivity contribution < 1.29 is 14.3 Å². The lowest BCUT2D eigenvalue weighted by atomic mass is 10.3. The monoisotopic (exact) mass is 282 g/mol. The fourth-order valence-corrected chi connectivity index (χ4v) is 3.69. The Morgan fingerprint density at radius 2 is 2.33 bits per heavy atom. The van der Waals surface area contributed by atoms with Gasteiger partial charge in [0, 0.05) is 5.75 Å². The van der Waals surface area contributed by atoms with E-state index in [1.54, 1.807) is 6.07 Å². The lowest BCUT2D eigenvalue weighted by molar-refractivity contribution is -0.137. The predicted molar refractivity (Wildman–Crippen MR) is 70.0 cm³/mol. The molecule has 0 fully saturated rings. The zero-order valence-corrected chi connectivity index (χ0v) is 10.6. The van der Waals surface area contributed by atoms with Crippen LogP contribution in [0.15, 0.2) is 23.2 Å². The Morgan fingerprint density at radius 3 is 3.06 bits per heavy atom.